The van der Waals surface area contributed by atoms with Crippen LogP contribution in [0.1, 0.15) is 83.1 Å². The summed E-state index contributed by atoms with van der Waals surface area (Å²) in [5, 5.41) is 9.39. The third-order valence-electron chi connectivity index (χ3n) is 3.93. The highest BCUT2D eigenvalue weighted by Crippen LogP contribution is 2.29. The lowest BCUT2D eigenvalue weighted by Gasteiger charge is -2.17. The van der Waals surface area contributed by atoms with E-state index in [0.717, 1.165) is 0 Å². The third kappa shape index (κ3) is 6.66. The van der Waals surface area contributed by atoms with Gasteiger partial charge in [0.25, 0.3) is 0 Å². The van der Waals surface area contributed by atoms with Gasteiger partial charge in [0, 0.05) is 0 Å². The highest BCUT2D eigenvalue weighted by atomic mass is 16.3. The first kappa shape index (κ1) is 16.1. The monoisotopic (exact) mass is 262 g/mol. The van der Waals surface area contributed by atoms with Crippen molar-refractivity contribution in [1.29, 1.82) is 0 Å². The molecular weight excluding hydrogens is 232 g/mol. The Morgan fingerprint density at radius 2 is 1.37 bits per heavy atom. The molecule has 1 N–H and O–H groups in total. The van der Waals surface area contributed by atoms with E-state index < -0.39 is 0 Å². The molecule has 1 atom stereocenters. The van der Waals surface area contributed by atoms with E-state index in [0.29, 0.717) is 11.7 Å². The second kappa shape index (κ2) is 9.89. The molecule has 0 bridgehead atoms. The molecule has 0 fully saturated rings. The van der Waals surface area contributed by atoms with E-state index in [1.165, 1.54) is 63.4 Å². The summed E-state index contributed by atoms with van der Waals surface area (Å²) in [5.74, 6) is 1.06. The van der Waals surface area contributed by atoms with Crippen LogP contribution in [0, 0.1) is 0 Å². The Hall–Kier alpha value is -0.980. The minimum atomic E-state index is 0.376. The number of phenolic OH excluding ortho intramolecular Hbond substituents is 1. The summed E-state index contributed by atoms with van der Waals surface area (Å²) in [5.41, 5.74) is 1.40. The molecular formula is C18H30O. The first-order chi connectivity index (χ1) is 9.27. The van der Waals surface area contributed by atoms with Gasteiger partial charge >= 0.3 is 0 Å². The van der Waals surface area contributed by atoms with E-state index >= 15 is 0 Å². The number of hydrogen-bond acceptors (Lipinski definition) is 1. The van der Waals surface area contributed by atoms with Crippen LogP contribution in [0.4, 0.5) is 0 Å². The van der Waals surface area contributed by atoms with Crippen molar-refractivity contribution in [2.24, 2.45) is 0 Å². The van der Waals surface area contributed by atoms with Gasteiger partial charge in [-0.05, 0) is 36.5 Å². The van der Waals surface area contributed by atoms with Gasteiger partial charge in [-0.3, -0.25) is 0 Å². The highest BCUT2D eigenvalue weighted by Gasteiger charge is 2.10. The minimum absolute atomic E-state index is 0.376. The topological polar surface area (TPSA) is 20.2 Å². The quantitative estimate of drug-likeness (QED) is 0.511. The zero-order chi connectivity index (χ0) is 13.9. The van der Waals surface area contributed by atoms with Crippen molar-refractivity contribution in [2.75, 3.05) is 0 Å². The van der Waals surface area contributed by atoms with Gasteiger partial charge in [0.15, 0.2) is 0 Å². The molecule has 1 aromatic rings. The maximum Gasteiger partial charge on any atom is 0.115 e. The molecule has 0 radical (unpaired) electrons. The molecule has 0 spiro atoms. The Bertz CT molecular complexity index is 315. The van der Waals surface area contributed by atoms with Crippen molar-refractivity contribution in [3.05, 3.63) is 29.8 Å². The van der Waals surface area contributed by atoms with E-state index in [-0.39, 0.29) is 0 Å². The molecule has 1 nitrogen and oxygen atoms in total. The molecule has 0 aliphatic heterocycles. The standard InChI is InChI=1S/C18H30O/c1-3-5-7-8-9-11-16(10-6-4-2)17-12-14-18(19)15-13-17/h12-16,19H,3-11H2,1-2H3. The average molecular weight is 262 g/mol. The zero-order valence-corrected chi connectivity index (χ0v) is 12.7. The third-order valence-corrected chi connectivity index (χ3v) is 3.93. The van der Waals surface area contributed by atoms with Crippen LogP contribution in [0.3, 0.4) is 0 Å². The fraction of sp³-hybridized carbons (Fsp3) is 0.667. The van der Waals surface area contributed by atoms with Gasteiger partial charge < -0.3 is 5.11 Å². The van der Waals surface area contributed by atoms with Crippen LogP contribution in [-0.2, 0) is 0 Å². The number of unbranched alkanes of at least 4 members (excludes halogenated alkanes) is 5. The van der Waals surface area contributed by atoms with Gasteiger partial charge in [-0.1, -0.05) is 70.9 Å². The SMILES string of the molecule is CCCCCCCC(CCCC)c1ccc(O)cc1. The van der Waals surface area contributed by atoms with E-state index in [4.69, 9.17) is 0 Å². The Morgan fingerprint density at radius 3 is 2.00 bits per heavy atom. The van der Waals surface area contributed by atoms with Crippen LogP contribution in [0.5, 0.6) is 5.75 Å². The lowest BCUT2D eigenvalue weighted by molar-refractivity contribution is 0.473. The molecule has 1 unspecified atom stereocenters. The van der Waals surface area contributed by atoms with Gasteiger partial charge in [0.05, 0.1) is 0 Å². The number of hydrogen-bond donors (Lipinski definition) is 1. The van der Waals surface area contributed by atoms with Crippen LogP contribution in [0.25, 0.3) is 0 Å². The number of aromatic hydroxyl groups is 1. The summed E-state index contributed by atoms with van der Waals surface area (Å²) in [7, 11) is 0. The summed E-state index contributed by atoms with van der Waals surface area (Å²) in [6.07, 6.45) is 11.9. The molecule has 0 saturated carbocycles. The van der Waals surface area contributed by atoms with Crippen molar-refractivity contribution in [1.82, 2.24) is 0 Å². The van der Waals surface area contributed by atoms with Crippen LogP contribution < -0.4 is 0 Å². The first-order valence-electron chi connectivity index (χ1n) is 8.06. The van der Waals surface area contributed by atoms with Crippen molar-refractivity contribution in [2.45, 2.75) is 77.6 Å². The lowest BCUT2D eigenvalue weighted by Crippen LogP contribution is -1.99. The molecule has 1 aromatic carbocycles. The van der Waals surface area contributed by atoms with Gasteiger partial charge in [-0.15, -0.1) is 0 Å². The fourth-order valence-electron chi connectivity index (χ4n) is 2.67. The van der Waals surface area contributed by atoms with Crippen molar-refractivity contribution in [3.63, 3.8) is 0 Å². The van der Waals surface area contributed by atoms with Crippen molar-refractivity contribution >= 4 is 0 Å². The van der Waals surface area contributed by atoms with Crippen LogP contribution in [-0.4, -0.2) is 5.11 Å². The Kier molecular flexibility index (Phi) is 8.36. The highest BCUT2D eigenvalue weighted by molar-refractivity contribution is 5.28. The molecule has 1 rings (SSSR count). The van der Waals surface area contributed by atoms with Crippen molar-refractivity contribution < 1.29 is 5.11 Å². The number of phenols is 1. The smallest absolute Gasteiger partial charge is 0.115 e. The van der Waals surface area contributed by atoms with Crippen LogP contribution >= 0.6 is 0 Å². The molecule has 108 valence electrons. The van der Waals surface area contributed by atoms with Gasteiger partial charge in [0.2, 0.25) is 0 Å². The fourth-order valence-corrected chi connectivity index (χ4v) is 2.67. The Labute approximate surface area is 119 Å². The number of benzene rings is 1. The molecule has 0 aliphatic rings. The maximum atomic E-state index is 9.39. The average Bonchev–Trinajstić information content (AvgIpc) is 2.43. The summed E-state index contributed by atoms with van der Waals surface area (Å²) >= 11 is 0. The lowest BCUT2D eigenvalue weighted by atomic mass is 9.88. The molecule has 1 heteroatoms. The van der Waals surface area contributed by atoms with E-state index in [1.54, 1.807) is 0 Å². The minimum Gasteiger partial charge on any atom is -0.508 e. The van der Waals surface area contributed by atoms with Crippen LogP contribution in [0.2, 0.25) is 0 Å². The largest absolute Gasteiger partial charge is 0.508 e. The number of rotatable bonds is 10. The summed E-state index contributed by atoms with van der Waals surface area (Å²) < 4.78 is 0. The normalized spacial score (nSPS) is 12.5. The maximum absolute atomic E-state index is 9.39. The van der Waals surface area contributed by atoms with E-state index in [1.807, 2.05) is 12.1 Å². The molecule has 0 aromatic heterocycles. The first-order valence-corrected chi connectivity index (χ1v) is 8.06. The Balaban J connectivity index is 2.44. The second-order valence-electron chi connectivity index (χ2n) is 5.63. The van der Waals surface area contributed by atoms with Gasteiger partial charge in [-0.25, -0.2) is 0 Å². The zero-order valence-electron chi connectivity index (χ0n) is 12.7. The second-order valence-corrected chi connectivity index (χ2v) is 5.63. The van der Waals surface area contributed by atoms with Gasteiger partial charge in [-0.2, -0.15) is 0 Å². The molecule has 0 aliphatic carbocycles. The predicted molar refractivity (Wildman–Crippen MR) is 83.7 cm³/mol. The molecule has 19 heavy (non-hydrogen) atoms. The summed E-state index contributed by atoms with van der Waals surface area (Å²) in [6, 6.07) is 7.85. The van der Waals surface area contributed by atoms with Crippen molar-refractivity contribution in [3.8, 4) is 5.75 Å². The Morgan fingerprint density at radius 1 is 0.789 bits per heavy atom. The summed E-state index contributed by atoms with van der Waals surface area (Å²) in [6.45, 7) is 4.52. The molecule has 0 amide bonds. The van der Waals surface area contributed by atoms with E-state index in [2.05, 4.69) is 26.0 Å². The molecule has 0 heterocycles. The molecule has 0 saturated heterocycles. The van der Waals surface area contributed by atoms with Crippen LogP contribution in [0.15, 0.2) is 24.3 Å². The van der Waals surface area contributed by atoms with E-state index in [9.17, 15) is 5.11 Å². The predicted octanol–water partition coefficient (Wildman–Crippen LogP) is 6.03. The van der Waals surface area contributed by atoms with Gasteiger partial charge in [0.1, 0.15) is 5.75 Å². The summed E-state index contributed by atoms with van der Waals surface area (Å²) in [4.78, 5) is 0.